The van der Waals surface area contributed by atoms with Gasteiger partial charge in [-0.25, -0.2) is 5.43 Å². The number of pyridine rings is 1. The Labute approximate surface area is 309 Å². The number of alkyl halides is 6. The van der Waals surface area contributed by atoms with Crippen molar-refractivity contribution >= 4 is 48.6 Å². The van der Waals surface area contributed by atoms with Crippen LogP contribution < -0.4 is 27.7 Å². The minimum absolute atomic E-state index is 0.120. The molecule has 1 spiro atoms. The average Bonchev–Trinajstić information content (AvgIpc) is 3.72. The molecule has 2 amide bonds. The van der Waals surface area contributed by atoms with E-state index < -0.39 is 43.6 Å². The fourth-order valence-electron chi connectivity index (χ4n) is 7.54. The van der Waals surface area contributed by atoms with Crippen LogP contribution in [0.15, 0.2) is 78.8 Å². The van der Waals surface area contributed by atoms with E-state index in [1.807, 2.05) is 40.5 Å². The van der Waals surface area contributed by atoms with Crippen LogP contribution in [-0.4, -0.2) is 78.3 Å². The van der Waals surface area contributed by atoms with E-state index in [0.717, 1.165) is 62.5 Å². The Hall–Kier alpha value is -3.70. The molecule has 4 heterocycles. The van der Waals surface area contributed by atoms with E-state index >= 15 is 0 Å². The molecule has 1 aromatic carbocycles. The molecule has 3 atom stereocenters. The van der Waals surface area contributed by atoms with Gasteiger partial charge in [-0.05, 0) is 0 Å². The van der Waals surface area contributed by atoms with Crippen molar-refractivity contribution in [3.8, 4) is 0 Å². The second-order valence-corrected chi connectivity index (χ2v) is 20.0. The Balaban J connectivity index is 0.989. The standard InChI is InChI=1S/C38H46F3IN8O2/c1-46-23-32(48-45)27-6-4-25(5-7-27)26-11-18-49(19-12-26)34(51)3-2-15-42-16-13-37(24-42)14-20-50(36(37)52)29-8-9-31(43)30(22-29)35(44)28-10-17-47-33(21-28)38(39,40)41/h4-11,17,21-23,30-31,44,46,48H,2-3,12-16,18-20,24,43,45H2,1H3/p+3. The maximum atomic E-state index is 14.0. The van der Waals surface area contributed by atoms with E-state index in [9.17, 15) is 22.8 Å². The van der Waals surface area contributed by atoms with E-state index in [-0.39, 0.29) is 28.5 Å². The Kier molecular flexibility index (Phi) is 11.8. The number of carbonyl (C=O) groups is 2. The molecule has 2 aromatic rings. The number of likely N-dealkylation sites (tertiary alicyclic amines) is 1. The van der Waals surface area contributed by atoms with Crippen molar-refractivity contribution in [1.29, 1.82) is 0 Å². The van der Waals surface area contributed by atoms with Gasteiger partial charge in [-0.3, -0.25) is 0 Å². The predicted octanol–water partition coefficient (Wildman–Crippen LogP) is 1.20. The number of benzene rings is 1. The minimum atomic E-state index is -4.59. The van der Waals surface area contributed by atoms with Gasteiger partial charge >= 0.3 is 262 Å². The van der Waals surface area contributed by atoms with Crippen LogP contribution in [0.3, 0.4) is 0 Å². The zero-order valence-electron chi connectivity index (χ0n) is 29.4. The molecule has 4 aliphatic rings. The van der Waals surface area contributed by atoms with Crippen LogP contribution in [0.1, 0.15) is 54.5 Å². The number of hydrogen-bond donors (Lipinski definition) is 5. The molecule has 2 saturated heterocycles. The fraction of sp³-hybridized carbons (Fsp3) is 0.421. The number of nitrogens with zero attached hydrogens (tertiary/aromatic N) is 3. The molecule has 1 aromatic heterocycles. The summed E-state index contributed by atoms with van der Waals surface area (Å²) in [6, 6.07) is 10.2. The second-order valence-electron chi connectivity index (χ2n) is 13.9. The second kappa shape index (κ2) is 16.1. The van der Waals surface area contributed by atoms with Crippen molar-refractivity contribution in [3.63, 3.8) is 0 Å². The molecule has 3 unspecified atom stereocenters. The van der Waals surface area contributed by atoms with Gasteiger partial charge in [0.25, 0.3) is 0 Å². The van der Waals surface area contributed by atoms with Crippen molar-refractivity contribution < 1.29 is 38.9 Å². The summed E-state index contributed by atoms with van der Waals surface area (Å²) < 4.78 is 43.0. The molecular weight excluding hydrogens is 784 g/mol. The van der Waals surface area contributed by atoms with Crippen molar-refractivity contribution in [2.75, 3.05) is 40.0 Å². The molecule has 14 heteroatoms. The van der Waals surface area contributed by atoms with E-state index in [0.29, 0.717) is 31.8 Å². The van der Waals surface area contributed by atoms with E-state index in [4.69, 9.17) is 17.0 Å². The molecule has 0 radical (unpaired) electrons. The summed E-state index contributed by atoms with van der Waals surface area (Å²) in [6.07, 6.45) is 9.95. The number of quaternary nitrogens is 2. The van der Waals surface area contributed by atoms with Crippen LogP contribution in [0, 0.1) is 11.3 Å². The Morgan fingerprint density at radius 3 is 2.65 bits per heavy atom. The van der Waals surface area contributed by atoms with Gasteiger partial charge in [0.2, 0.25) is 5.70 Å². The molecule has 52 heavy (non-hydrogen) atoms. The molecule has 0 saturated carbocycles. The van der Waals surface area contributed by atoms with Crippen LogP contribution >= 0.6 is 19.8 Å². The van der Waals surface area contributed by atoms with Crippen molar-refractivity contribution in [1.82, 2.24) is 14.8 Å². The van der Waals surface area contributed by atoms with Crippen LogP contribution in [0.25, 0.3) is 11.3 Å². The van der Waals surface area contributed by atoms with Gasteiger partial charge in [-0.1, -0.05) is 0 Å². The molecule has 0 bridgehead atoms. The number of amides is 2. The summed E-state index contributed by atoms with van der Waals surface area (Å²) in [5, 5.41) is 8.37. The normalized spacial score (nSPS) is 24.5. The number of aromatic nitrogens is 1. The SMILES string of the molecule is C[NH2+]C=C([NH2+]N)c1ccc(C2=CCN(C(=O)CCCI3CCC4(CCN(C5=CC(C(=[NH2+])c6ccnc(C(F)(F)F)c6)C(N)C=C5)C4=O)C3)CC2)cc1. The van der Waals surface area contributed by atoms with Gasteiger partial charge in [0, 0.05) is 0 Å². The molecule has 1 aliphatic carbocycles. The molecule has 3 aliphatic heterocycles. The molecule has 10 N–H and O–H groups in total. The summed E-state index contributed by atoms with van der Waals surface area (Å²) in [7, 11) is 1.97. The van der Waals surface area contributed by atoms with E-state index in [1.54, 1.807) is 11.5 Å². The third-order valence-corrected chi connectivity index (χ3v) is 17.5. The topological polar surface area (TPSA) is 164 Å². The first-order chi connectivity index (χ1) is 24.9. The van der Waals surface area contributed by atoms with Crippen LogP contribution in [0.5, 0.6) is 0 Å². The molecule has 6 rings (SSSR count). The van der Waals surface area contributed by atoms with Crippen molar-refractivity contribution in [2.24, 2.45) is 22.9 Å². The Morgan fingerprint density at radius 2 is 1.96 bits per heavy atom. The van der Waals surface area contributed by atoms with Gasteiger partial charge in [0.1, 0.15) is 0 Å². The third-order valence-electron chi connectivity index (χ3n) is 10.6. The number of carbonyl (C=O) groups excluding carboxylic acids is 2. The summed E-state index contributed by atoms with van der Waals surface area (Å²) in [4.78, 5) is 34.3. The van der Waals surface area contributed by atoms with Gasteiger partial charge < -0.3 is 5.32 Å². The Bertz CT molecular complexity index is 1810. The molecular formula is C38H49F3IN8O2+3. The van der Waals surface area contributed by atoms with Crippen molar-refractivity contribution in [3.05, 3.63) is 101 Å². The average molecular weight is 834 g/mol. The third kappa shape index (κ3) is 8.25. The molecule has 278 valence electrons. The monoisotopic (exact) mass is 833 g/mol. The number of rotatable bonds is 11. The van der Waals surface area contributed by atoms with Gasteiger partial charge in [-0.15, -0.1) is 0 Å². The summed E-state index contributed by atoms with van der Waals surface area (Å²) in [6.45, 7) is 1.92. The first-order valence-corrected chi connectivity index (χ1v) is 22.3. The zero-order chi connectivity index (χ0) is 37.0. The van der Waals surface area contributed by atoms with Crippen LogP contribution in [0.2, 0.25) is 0 Å². The van der Waals surface area contributed by atoms with E-state index in [1.165, 1.54) is 17.2 Å². The van der Waals surface area contributed by atoms with Crippen LogP contribution in [0.4, 0.5) is 13.2 Å². The van der Waals surface area contributed by atoms with Gasteiger partial charge in [0.15, 0.2) is 6.20 Å². The number of allylic oxidation sites excluding steroid dienone is 1. The first kappa shape index (κ1) is 38.0. The quantitative estimate of drug-likeness (QED) is 0.0755. The summed E-state index contributed by atoms with van der Waals surface area (Å²) in [5.41, 5.74) is 12.2. The number of nitrogens with two attached hydrogens (primary N) is 5. The van der Waals surface area contributed by atoms with E-state index in [2.05, 4.69) is 35.3 Å². The summed E-state index contributed by atoms with van der Waals surface area (Å²) in [5.74, 6) is 5.53. The molecule has 2 fully saturated rings. The predicted molar refractivity (Wildman–Crippen MR) is 203 cm³/mol. The number of halogens is 4. The van der Waals surface area contributed by atoms with Crippen LogP contribution in [-0.2, 0) is 15.8 Å². The first-order valence-electron chi connectivity index (χ1n) is 17.8. The van der Waals surface area contributed by atoms with Crippen molar-refractivity contribution in [2.45, 2.75) is 44.3 Å². The molecule has 10 nitrogen and oxygen atoms in total. The Morgan fingerprint density at radius 1 is 1.17 bits per heavy atom. The summed E-state index contributed by atoms with van der Waals surface area (Å²) >= 11 is -1.41. The van der Waals surface area contributed by atoms with Gasteiger partial charge in [0.05, 0.1) is 7.05 Å². The number of hydrogen-bond acceptors (Lipinski definition) is 5. The maximum absolute atomic E-state index is 14.0. The zero-order valence-corrected chi connectivity index (χ0v) is 31.6. The van der Waals surface area contributed by atoms with Gasteiger partial charge in [-0.2, -0.15) is 19.0 Å². The fourth-order valence-corrected chi connectivity index (χ4v) is 15.2.